The number of nitrogens with one attached hydrogen (secondary N) is 12. The van der Waals surface area contributed by atoms with E-state index in [4.69, 9.17) is 24.4 Å². The Morgan fingerprint density at radius 1 is 0.473 bits per heavy atom. The number of ether oxygens (including phenoxy) is 3. The Bertz CT molecular complexity index is 3460. The number of hydrogen-bond donors (Lipinski definition) is 16. The van der Waals surface area contributed by atoms with Crippen LogP contribution in [0.1, 0.15) is 111 Å². The zero-order valence-corrected chi connectivity index (χ0v) is 66.8. The first-order chi connectivity index (χ1) is 52.3. The van der Waals surface area contributed by atoms with E-state index in [1.807, 2.05) is 36.4 Å². The summed E-state index contributed by atoms with van der Waals surface area (Å²) in [7, 11) is 5.79. The van der Waals surface area contributed by atoms with Crippen LogP contribution in [-0.4, -0.2) is 238 Å². The first kappa shape index (κ1) is 93.9. The number of carboxylic acids is 2. The molecule has 12 amide bonds. The normalized spacial score (nSPS) is 26.8. The standard InChI is InChI=1S/C26H34N4O6S2.C22H32N4O8S2.C22H34N4O8S2/c1-16(2)23-26(35)27-14-22(32)36-18-10-6-7-11-37-38-15-20(25(34)30-23)29-24(33)19(28-21(31)13-18)12-17-8-4-3-5-9-17;1-12(2)19-22(33)23-10-18(30)34-13-5-3-4-8-35-36-11-15(21(32)26-19)25-20(31)14(6-7-17(28)29)24-16(27)9-13;1-12(2)19-22(33)23-10-18(30)34-13(5-3-4-8-35)9-16(27)24-14(6-7-17(28)29)20(31)25-15(11-36)21(32)26-19/h3-6,8-10,16,18-20,23H,7,11-15H2,1-2H3,(H,27,35)(H,28,31)(H,29,33)(H,30,34);3,5,12-15,19H,4,6-11H2,1-2H3,(H,23,33)(H,24,27)(H,25,31)(H,26,32)(H,28,29);3,5,12-15,19,35-36H,4,6-11H2,1-2H3,(H,23,33)(H,24,27)(H,25,31)(H,26,32)(H,28,29)/b10-6+;2*5-3+/t18-,19-,20-,23-;2*13-,14-,15-,19-/m111/s1. The van der Waals surface area contributed by atoms with Gasteiger partial charge in [-0.3, -0.25) is 81.5 Å². The molecule has 3 fully saturated rings. The highest BCUT2D eigenvalue weighted by Gasteiger charge is 2.37. The predicted octanol–water partition coefficient (Wildman–Crippen LogP) is 0.0463. The fourth-order valence-corrected chi connectivity index (χ4v) is 15.2. The van der Waals surface area contributed by atoms with Crippen molar-refractivity contribution in [1.82, 2.24) is 63.8 Å². The Labute approximate surface area is 664 Å². The van der Waals surface area contributed by atoms with Crippen molar-refractivity contribution >= 4 is 169 Å². The van der Waals surface area contributed by atoms with Crippen LogP contribution in [0.4, 0.5) is 0 Å². The number of carbonyl (C=O) groups is 17. The number of allylic oxidation sites excluding steroid dienone is 3. The molecular formula is C70H100N12O22S6. The van der Waals surface area contributed by atoms with Crippen LogP contribution in [0.2, 0.25) is 0 Å². The number of cyclic esters (lactones) is 1. The van der Waals surface area contributed by atoms with Gasteiger partial charge in [-0.1, -0.05) is 133 Å². The fourth-order valence-electron chi connectivity index (χ4n) is 10.5. The number of benzene rings is 1. The number of amides is 12. The molecule has 608 valence electrons. The van der Waals surface area contributed by atoms with Crippen LogP contribution in [0.5, 0.6) is 0 Å². The number of thiol groups is 2. The van der Waals surface area contributed by atoms with Gasteiger partial charge in [0.05, 0.1) is 19.3 Å². The van der Waals surface area contributed by atoms with Gasteiger partial charge in [0.2, 0.25) is 70.9 Å². The van der Waals surface area contributed by atoms with Gasteiger partial charge >= 0.3 is 29.8 Å². The molecule has 5 aliphatic heterocycles. The number of aliphatic carboxylic acids is 2. The third kappa shape index (κ3) is 36.1. The highest BCUT2D eigenvalue weighted by atomic mass is 33.1. The maximum Gasteiger partial charge on any atom is 0.326 e. The molecule has 12 atom stereocenters. The Balaban J connectivity index is 0.000000349. The van der Waals surface area contributed by atoms with Gasteiger partial charge in [-0.05, 0) is 79.4 Å². The van der Waals surface area contributed by atoms with Crippen LogP contribution in [0.25, 0.3) is 0 Å². The van der Waals surface area contributed by atoms with E-state index in [1.54, 1.807) is 65.8 Å². The zero-order chi connectivity index (χ0) is 81.4. The minimum Gasteiger partial charge on any atom is -0.481 e. The summed E-state index contributed by atoms with van der Waals surface area (Å²) in [4.78, 5) is 215. The first-order valence-corrected chi connectivity index (χ1v) is 41.8. The van der Waals surface area contributed by atoms with Gasteiger partial charge in [0.25, 0.3) is 0 Å². The van der Waals surface area contributed by atoms with Gasteiger partial charge in [-0.25, -0.2) is 0 Å². The molecule has 1 aromatic rings. The highest BCUT2D eigenvalue weighted by molar-refractivity contribution is 8.77. The van der Waals surface area contributed by atoms with Crippen molar-refractivity contribution in [2.45, 2.75) is 185 Å². The van der Waals surface area contributed by atoms with E-state index in [2.05, 4.69) is 89.1 Å². The summed E-state index contributed by atoms with van der Waals surface area (Å²) < 4.78 is 16.2. The number of carboxylic acid groups (broad SMARTS) is 2. The summed E-state index contributed by atoms with van der Waals surface area (Å²) in [6.45, 7) is 9.00. The number of carbonyl (C=O) groups excluding carboxylic acids is 15. The van der Waals surface area contributed by atoms with Gasteiger partial charge in [0.15, 0.2) is 0 Å². The van der Waals surface area contributed by atoms with E-state index in [-0.39, 0.29) is 73.5 Å². The van der Waals surface area contributed by atoms with E-state index in [9.17, 15) is 81.5 Å². The van der Waals surface area contributed by atoms with E-state index < -0.39 is 206 Å². The maximum atomic E-state index is 13.4. The third-order valence-corrected chi connectivity index (χ3v) is 21.8. The Morgan fingerprint density at radius 2 is 0.864 bits per heavy atom. The fraction of sp³-hybridized carbons (Fsp3) is 0.586. The summed E-state index contributed by atoms with van der Waals surface area (Å²) in [6.07, 6.45) is 7.01. The second-order valence-electron chi connectivity index (χ2n) is 26.4. The quantitative estimate of drug-likeness (QED) is 0.0363. The summed E-state index contributed by atoms with van der Waals surface area (Å²) in [5.41, 5.74) is 0.825. The molecule has 1 aromatic carbocycles. The van der Waals surface area contributed by atoms with Crippen molar-refractivity contribution in [3.63, 3.8) is 0 Å². The van der Waals surface area contributed by atoms with Crippen LogP contribution >= 0.6 is 68.4 Å². The van der Waals surface area contributed by atoms with Crippen LogP contribution < -0.4 is 63.8 Å². The van der Waals surface area contributed by atoms with Crippen molar-refractivity contribution < 1.29 is 106 Å². The molecule has 0 radical (unpaired) electrons. The summed E-state index contributed by atoms with van der Waals surface area (Å²) >= 11 is 8.19. The molecule has 110 heavy (non-hydrogen) atoms. The Morgan fingerprint density at radius 3 is 1.28 bits per heavy atom. The molecule has 5 heterocycles. The lowest BCUT2D eigenvalue weighted by Crippen LogP contribution is -2.59. The molecule has 40 heteroatoms. The number of hydrogen-bond acceptors (Lipinski definition) is 26. The molecule has 4 bridgehead atoms. The number of fused-ring (bicyclic) bond motifs is 14. The smallest absolute Gasteiger partial charge is 0.326 e. The predicted molar refractivity (Wildman–Crippen MR) is 417 cm³/mol. The van der Waals surface area contributed by atoms with Crippen molar-refractivity contribution in [1.29, 1.82) is 0 Å². The van der Waals surface area contributed by atoms with E-state index in [1.165, 1.54) is 49.3 Å². The molecule has 0 aromatic heterocycles. The van der Waals surface area contributed by atoms with Crippen LogP contribution in [0, 0.1) is 17.8 Å². The van der Waals surface area contributed by atoms with Crippen molar-refractivity contribution in [2.24, 2.45) is 17.8 Å². The maximum absolute atomic E-state index is 13.4. The highest BCUT2D eigenvalue weighted by Crippen LogP contribution is 2.26. The lowest BCUT2D eigenvalue weighted by atomic mass is 10.0. The van der Waals surface area contributed by atoms with Gasteiger partial charge in [0, 0.05) is 48.0 Å². The Hall–Kier alpha value is -8.47. The van der Waals surface area contributed by atoms with Crippen molar-refractivity contribution in [3.8, 4) is 0 Å². The zero-order valence-electron chi connectivity index (χ0n) is 61.7. The summed E-state index contributed by atoms with van der Waals surface area (Å²) in [5.74, 6) is -10.9. The van der Waals surface area contributed by atoms with Gasteiger partial charge in [-0.2, -0.15) is 25.3 Å². The third-order valence-electron chi connectivity index (χ3n) is 16.3. The Kier molecular flexibility index (Phi) is 43.1. The van der Waals surface area contributed by atoms with E-state index in [0.717, 1.165) is 5.56 Å². The largest absolute Gasteiger partial charge is 0.481 e. The number of esters is 3. The molecule has 0 saturated carbocycles. The van der Waals surface area contributed by atoms with Gasteiger partial charge < -0.3 is 88.2 Å². The van der Waals surface area contributed by atoms with Gasteiger partial charge in [-0.15, -0.1) is 0 Å². The summed E-state index contributed by atoms with van der Waals surface area (Å²) in [6, 6.07) is -0.379. The molecule has 6 rings (SSSR count). The summed E-state index contributed by atoms with van der Waals surface area (Å²) in [5, 5.41) is 48.9. The molecule has 14 N–H and O–H groups in total. The minimum absolute atomic E-state index is 0.131. The molecule has 0 aliphatic carbocycles. The monoisotopic (exact) mass is 1650 g/mol. The molecule has 0 spiro atoms. The lowest BCUT2D eigenvalue weighted by Gasteiger charge is -2.27. The molecule has 34 nitrogen and oxygen atoms in total. The number of rotatable bonds is 15. The second kappa shape index (κ2) is 50.4. The van der Waals surface area contributed by atoms with Crippen LogP contribution in [0.3, 0.4) is 0 Å². The average molecular weight is 1650 g/mol. The van der Waals surface area contributed by atoms with Crippen LogP contribution in [0.15, 0.2) is 66.8 Å². The molecule has 5 aliphatic rings. The van der Waals surface area contributed by atoms with Gasteiger partial charge in [0.1, 0.15) is 92.3 Å². The molecular weight excluding hydrogens is 1550 g/mol. The van der Waals surface area contributed by atoms with Crippen molar-refractivity contribution in [3.05, 3.63) is 72.4 Å². The van der Waals surface area contributed by atoms with Crippen molar-refractivity contribution in [2.75, 3.05) is 54.2 Å². The van der Waals surface area contributed by atoms with Crippen LogP contribution in [-0.2, 0) is 102 Å². The lowest BCUT2D eigenvalue weighted by molar-refractivity contribution is -0.149. The topological polar surface area (TPSA) is 503 Å². The SMILES string of the molecule is CC(C)[C@H]1NC(=O)[C@@H](CS)NC(=O)[C@@H](CCC(=O)O)NC(=O)C[C@@H](/C=C/CCS)OC(=O)CNC1=O.CC(C)[C@H]1NC(=O)[C@H]2CSSCC/C=C/[C@H](CC(=O)N[C@H](CCC(=O)O)C(=O)N2)OC(=O)CNC1=O.CC(C)[C@H]1NC(=O)[C@H]2CSSCC/C=C/[C@H](CC(=O)N[C@H](Cc3ccccc3)C(=O)N2)OC(=O)CNC1=O. The molecule has 0 unspecified atom stereocenters. The van der Waals surface area contributed by atoms with E-state index >= 15 is 0 Å². The molecule has 3 saturated heterocycles. The minimum atomic E-state index is -1.28. The second-order valence-corrected chi connectivity index (χ2v) is 32.5. The first-order valence-electron chi connectivity index (χ1n) is 35.6. The van der Waals surface area contributed by atoms with E-state index in [0.29, 0.717) is 36.5 Å². The average Bonchev–Trinajstić information content (AvgIpc) is 0.967.